The van der Waals surface area contributed by atoms with Crippen LogP contribution >= 0.6 is 0 Å². The molecule has 1 saturated carbocycles. The fourth-order valence-corrected chi connectivity index (χ4v) is 3.30. The van der Waals surface area contributed by atoms with Crippen LogP contribution in [0.1, 0.15) is 52.0 Å². The van der Waals surface area contributed by atoms with E-state index in [2.05, 4.69) is 13.8 Å². The van der Waals surface area contributed by atoms with Crippen molar-refractivity contribution in [2.24, 2.45) is 5.41 Å². The molecule has 0 bridgehead atoms. The Morgan fingerprint density at radius 1 is 1.04 bits per heavy atom. The molecule has 1 fully saturated rings. The van der Waals surface area contributed by atoms with Crippen molar-refractivity contribution in [3.63, 3.8) is 0 Å². The second kappa shape index (κ2) is 7.82. The van der Waals surface area contributed by atoms with Crippen molar-refractivity contribution in [3.8, 4) is 0 Å². The van der Waals surface area contributed by atoms with Gasteiger partial charge in [-0.05, 0) is 57.2 Å². The predicted octanol–water partition coefficient (Wildman–Crippen LogP) is 3.78. The average Bonchev–Trinajstić information content (AvgIpc) is 3.36. The lowest BCUT2D eigenvalue weighted by Crippen LogP contribution is -2.47. The SMILES string of the molecule is CCCN(CCC)C(=O)C1(C(=O)N(CC)c2cccc(C)c2)CC1. The van der Waals surface area contributed by atoms with Gasteiger partial charge in [0, 0.05) is 25.3 Å². The molecule has 0 aliphatic heterocycles. The molecular weight excluding hydrogens is 300 g/mol. The zero-order valence-electron chi connectivity index (χ0n) is 15.5. The van der Waals surface area contributed by atoms with E-state index in [1.54, 1.807) is 4.90 Å². The van der Waals surface area contributed by atoms with Gasteiger partial charge in [-0.2, -0.15) is 0 Å². The number of anilines is 1. The summed E-state index contributed by atoms with van der Waals surface area (Å²) in [7, 11) is 0. The molecule has 2 amide bonds. The molecule has 0 aromatic heterocycles. The van der Waals surface area contributed by atoms with E-state index in [9.17, 15) is 9.59 Å². The lowest BCUT2D eigenvalue weighted by Gasteiger charge is -2.30. The van der Waals surface area contributed by atoms with E-state index in [0.717, 1.165) is 37.2 Å². The summed E-state index contributed by atoms with van der Waals surface area (Å²) < 4.78 is 0. The highest BCUT2D eigenvalue weighted by molar-refractivity contribution is 6.14. The first-order chi connectivity index (χ1) is 11.5. The number of carbonyl (C=O) groups is 2. The van der Waals surface area contributed by atoms with Crippen LogP contribution in [0.25, 0.3) is 0 Å². The Balaban J connectivity index is 2.24. The van der Waals surface area contributed by atoms with E-state index >= 15 is 0 Å². The monoisotopic (exact) mass is 330 g/mol. The van der Waals surface area contributed by atoms with E-state index in [1.807, 2.05) is 43.0 Å². The summed E-state index contributed by atoms with van der Waals surface area (Å²) in [5.74, 6) is 0.000101. The van der Waals surface area contributed by atoms with Gasteiger partial charge in [0.2, 0.25) is 11.8 Å². The van der Waals surface area contributed by atoms with Crippen molar-refractivity contribution >= 4 is 17.5 Å². The summed E-state index contributed by atoms with van der Waals surface area (Å²) in [6, 6.07) is 7.94. The standard InChI is InChI=1S/C20H30N2O2/c1-5-13-21(14-6-2)18(23)20(11-12-20)19(24)22(7-3)17-10-8-9-16(4)15-17/h8-10,15H,5-7,11-14H2,1-4H3. The van der Waals surface area contributed by atoms with Crippen molar-refractivity contribution in [2.45, 2.75) is 53.4 Å². The molecule has 0 spiro atoms. The minimum atomic E-state index is -0.815. The molecule has 132 valence electrons. The zero-order valence-corrected chi connectivity index (χ0v) is 15.5. The van der Waals surface area contributed by atoms with Crippen LogP contribution in [-0.2, 0) is 9.59 Å². The quantitative estimate of drug-likeness (QED) is 0.681. The normalized spacial score (nSPS) is 15.0. The minimum absolute atomic E-state index is 0.0298. The maximum Gasteiger partial charge on any atom is 0.242 e. The third kappa shape index (κ3) is 3.63. The summed E-state index contributed by atoms with van der Waals surface area (Å²) in [6.45, 7) is 10.2. The van der Waals surface area contributed by atoms with Gasteiger partial charge in [-0.1, -0.05) is 26.0 Å². The third-order valence-electron chi connectivity index (χ3n) is 4.72. The summed E-state index contributed by atoms with van der Waals surface area (Å²) >= 11 is 0. The average molecular weight is 330 g/mol. The first-order valence-electron chi connectivity index (χ1n) is 9.18. The Labute approximate surface area is 145 Å². The van der Waals surface area contributed by atoms with Crippen molar-refractivity contribution in [1.82, 2.24) is 4.90 Å². The number of hydrogen-bond donors (Lipinski definition) is 0. The summed E-state index contributed by atoms with van der Waals surface area (Å²) in [6.07, 6.45) is 3.20. The summed E-state index contributed by atoms with van der Waals surface area (Å²) in [4.78, 5) is 29.9. The molecule has 1 aliphatic rings. The molecule has 0 radical (unpaired) electrons. The smallest absolute Gasteiger partial charge is 0.242 e. The number of nitrogens with zero attached hydrogens (tertiary/aromatic N) is 2. The number of amides is 2. The van der Waals surface area contributed by atoms with Gasteiger partial charge in [-0.25, -0.2) is 0 Å². The van der Waals surface area contributed by atoms with E-state index in [0.29, 0.717) is 19.4 Å². The second-order valence-corrected chi connectivity index (χ2v) is 6.76. The largest absolute Gasteiger partial charge is 0.342 e. The number of benzene rings is 1. The fraction of sp³-hybridized carbons (Fsp3) is 0.600. The number of carbonyl (C=O) groups excluding carboxylic acids is 2. The van der Waals surface area contributed by atoms with E-state index < -0.39 is 5.41 Å². The van der Waals surface area contributed by atoms with Gasteiger partial charge in [0.15, 0.2) is 0 Å². The van der Waals surface area contributed by atoms with Crippen LogP contribution in [0.2, 0.25) is 0 Å². The Morgan fingerprint density at radius 2 is 1.67 bits per heavy atom. The second-order valence-electron chi connectivity index (χ2n) is 6.76. The fourth-order valence-electron chi connectivity index (χ4n) is 3.30. The zero-order chi connectivity index (χ0) is 17.7. The molecule has 0 unspecified atom stereocenters. The van der Waals surface area contributed by atoms with Crippen molar-refractivity contribution in [2.75, 3.05) is 24.5 Å². The van der Waals surface area contributed by atoms with Crippen LogP contribution in [0.15, 0.2) is 24.3 Å². The van der Waals surface area contributed by atoms with Gasteiger partial charge < -0.3 is 9.80 Å². The Kier molecular flexibility index (Phi) is 6.03. The minimum Gasteiger partial charge on any atom is -0.342 e. The number of rotatable bonds is 8. The van der Waals surface area contributed by atoms with Crippen LogP contribution in [0.3, 0.4) is 0 Å². The Hall–Kier alpha value is -1.84. The molecule has 0 N–H and O–H groups in total. The van der Waals surface area contributed by atoms with Gasteiger partial charge in [-0.15, -0.1) is 0 Å². The van der Waals surface area contributed by atoms with Crippen LogP contribution < -0.4 is 4.90 Å². The molecule has 0 atom stereocenters. The highest BCUT2D eigenvalue weighted by Crippen LogP contribution is 2.49. The highest BCUT2D eigenvalue weighted by Gasteiger charge is 2.59. The van der Waals surface area contributed by atoms with Gasteiger partial charge in [0.05, 0.1) is 0 Å². The van der Waals surface area contributed by atoms with Crippen LogP contribution in [0, 0.1) is 12.3 Å². The molecule has 1 aromatic rings. The van der Waals surface area contributed by atoms with E-state index in [4.69, 9.17) is 0 Å². The molecule has 4 heteroatoms. The predicted molar refractivity (Wildman–Crippen MR) is 98.0 cm³/mol. The molecule has 1 aliphatic carbocycles. The Bertz CT molecular complexity index is 587. The van der Waals surface area contributed by atoms with Gasteiger partial charge >= 0.3 is 0 Å². The van der Waals surface area contributed by atoms with Crippen molar-refractivity contribution in [1.29, 1.82) is 0 Å². The maximum absolute atomic E-state index is 13.2. The van der Waals surface area contributed by atoms with Gasteiger partial charge in [0.1, 0.15) is 5.41 Å². The molecule has 0 saturated heterocycles. The first-order valence-corrected chi connectivity index (χ1v) is 9.18. The van der Waals surface area contributed by atoms with Gasteiger partial charge in [-0.3, -0.25) is 9.59 Å². The van der Waals surface area contributed by atoms with Crippen LogP contribution in [-0.4, -0.2) is 36.3 Å². The Morgan fingerprint density at radius 3 is 2.12 bits per heavy atom. The molecule has 4 nitrogen and oxygen atoms in total. The summed E-state index contributed by atoms with van der Waals surface area (Å²) in [5.41, 5.74) is 1.19. The van der Waals surface area contributed by atoms with Crippen molar-refractivity contribution < 1.29 is 9.59 Å². The van der Waals surface area contributed by atoms with Crippen molar-refractivity contribution in [3.05, 3.63) is 29.8 Å². The lowest BCUT2D eigenvalue weighted by molar-refractivity contribution is -0.143. The van der Waals surface area contributed by atoms with Crippen LogP contribution in [0.4, 0.5) is 5.69 Å². The van der Waals surface area contributed by atoms with Gasteiger partial charge in [0.25, 0.3) is 0 Å². The van der Waals surface area contributed by atoms with E-state index in [-0.39, 0.29) is 11.8 Å². The van der Waals surface area contributed by atoms with Crippen LogP contribution in [0.5, 0.6) is 0 Å². The highest BCUT2D eigenvalue weighted by atomic mass is 16.2. The molecular formula is C20H30N2O2. The molecule has 0 heterocycles. The molecule has 2 rings (SSSR count). The topological polar surface area (TPSA) is 40.6 Å². The number of aryl methyl sites for hydroxylation is 1. The third-order valence-corrected chi connectivity index (χ3v) is 4.72. The lowest BCUT2D eigenvalue weighted by atomic mass is 10.0. The molecule has 24 heavy (non-hydrogen) atoms. The maximum atomic E-state index is 13.2. The summed E-state index contributed by atoms with van der Waals surface area (Å²) in [5, 5.41) is 0. The number of hydrogen-bond acceptors (Lipinski definition) is 2. The molecule has 1 aromatic carbocycles. The first kappa shape index (κ1) is 18.5. The van der Waals surface area contributed by atoms with E-state index in [1.165, 1.54) is 0 Å².